The fourth-order valence-electron chi connectivity index (χ4n) is 1.61. The largest absolute Gasteiger partial charge is 0.360 e. The van der Waals surface area contributed by atoms with E-state index in [1.165, 1.54) is 17.8 Å². The van der Waals surface area contributed by atoms with Gasteiger partial charge in [0, 0.05) is 22.4 Å². The molecule has 0 saturated carbocycles. The Hall–Kier alpha value is -1.53. The summed E-state index contributed by atoms with van der Waals surface area (Å²) < 4.78 is 18.5. The topological polar surface area (TPSA) is 55.1 Å². The van der Waals surface area contributed by atoms with Crippen LogP contribution in [0.3, 0.4) is 0 Å². The molecule has 0 aliphatic rings. The lowest BCUT2D eigenvalue weighted by Crippen LogP contribution is -2.22. The van der Waals surface area contributed by atoms with Crippen LogP contribution >= 0.6 is 23.4 Å². The molecule has 1 heterocycles. The Morgan fingerprint density at radius 1 is 1.57 bits per heavy atom. The van der Waals surface area contributed by atoms with Gasteiger partial charge in [0.25, 0.3) is 0 Å². The van der Waals surface area contributed by atoms with Crippen molar-refractivity contribution in [2.24, 2.45) is 0 Å². The van der Waals surface area contributed by atoms with Gasteiger partial charge >= 0.3 is 0 Å². The molecule has 0 spiro atoms. The summed E-state index contributed by atoms with van der Waals surface area (Å²) in [6, 6.07) is 6.16. The first kappa shape index (κ1) is 15.9. The molecule has 0 saturated heterocycles. The molecule has 1 aromatic carbocycles. The van der Waals surface area contributed by atoms with E-state index in [9.17, 15) is 9.18 Å². The molecule has 0 unspecified atom stereocenters. The maximum atomic E-state index is 13.6. The molecule has 0 aliphatic carbocycles. The SMILES string of the molecule is Cc1cc(NC(=O)[C@H](C)SCc2c(F)cccc2Cl)no1. The lowest BCUT2D eigenvalue weighted by Gasteiger charge is -2.11. The van der Waals surface area contributed by atoms with Crippen molar-refractivity contribution in [1.29, 1.82) is 0 Å². The number of amides is 1. The zero-order valence-electron chi connectivity index (χ0n) is 11.5. The highest BCUT2D eigenvalue weighted by molar-refractivity contribution is 7.99. The number of carbonyl (C=O) groups excluding carboxylic acids is 1. The molecule has 1 aromatic heterocycles. The second-order valence-corrected chi connectivity index (χ2v) is 6.20. The van der Waals surface area contributed by atoms with Gasteiger partial charge in [0.05, 0.1) is 5.25 Å². The van der Waals surface area contributed by atoms with Crippen LogP contribution in [0, 0.1) is 12.7 Å². The molecule has 2 aromatic rings. The van der Waals surface area contributed by atoms with Gasteiger partial charge in [0.15, 0.2) is 5.82 Å². The summed E-state index contributed by atoms with van der Waals surface area (Å²) in [5.41, 5.74) is 0.404. The average molecular weight is 329 g/mol. The number of thioether (sulfide) groups is 1. The summed E-state index contributed by atoms with van der Waals surface area (Å²) in [6.45, 7) is 3.47. The summed E-state index contributed by atoms with van der Waals surface area (Å²) in [4.78, 5) is 12.0. The molecule has 0 radical (unpaired) electrons. The number of anilines is 1. The molecule has 1 N–H and O–H groups in total. The van der Waals surface area contributed by atoms with Gasteiger partial charge in [-0.25, -0.2) is 4.39 Å². The number of halogens is 2. The zero-order valence-corrected chi connectivity index (χ0v) is 13.1. The maximum Gasteiger partial charge on any atom is 0.238 e. The Bertz CT molecular complexity index is 627. The summed E-state index contributed by atoms with van der Waals surface area (Å²) in [7, 11) is 0. The fraction of sp³-hybridized carbons (Fsp3) is 0.286. The Morgan fingerprint density at radius 3 is 2.95 bits per heavy atom. The monoisotopic (exact) mass is 328 g/mol. The van der Waals surface area contributed by atoms with Crippen LogP contribution in [0.2, 0.25) is 5.02 Å². The highest BCUT2D eigenvalue weighted by atomic mass is 35.5. The Labute approximate surface area is 131 Å². The minimum Gasteiger partial charge on any atom is -0.360 e. The van der Waals surface area contributed by atoms with Gasteiger partial charge in [-0.15, -0.1) is 11.8 Å². The van der Waals surface area contributed by atoms with Crippen LogP contribution < -0.4 is 5.32 Å². The van der Waals surface area contributed by atoms with Gasteiger partial charge < -0.3 is 9.84 Å². The zero-order chi connectivity index (χ0) is 15.4. The van der Waals surface area contributed by atoms with Crippen molar-refractivity contribution >= 4 is 35.1 Å². The van der Waals surface area contributed by atoms with Gasteiger partial charge in [-0.2, -0.15) is 0 Å². The van der Waals surface area contributed by atoms with Crippen LogP contribution in [0.4, 0.5) is 10.2 Å². The van der Waals surface area contributed by atoms with E-state index in [0.29, 0.717) is 27.9 Å². The van der Waals surface area contributed by atoms with Crippen molar-refractivity contribution in [2.45, 2.75) is 24.9 Å². The van der Waals surface area contributed by atoms with Crippen LogP contribution in [0.1, 0.15) is 18.2 Å². The summed E-state index contributed by atoms with van der Waals surface area (Å²) in [5, 5.41) is 6.31. The number of nitrogens with zero attached hydrogens (tertiary/aromatic N) is 1. The van der Waals surface area contributed by atoms with Crippen molar-refractivity contribution in [2.75, 3.05) is 5.32 Å². The van der Waals surface area contributed by atoms with E-state index in [1.807, 2.05) is 0 Å². The van der Waals surface area contributed by atoms with E-state index in [4.69, 9.17) is 16.1 Å². The second-order valence-electron chi connectivity index (χ2n) is 4.47. The summed E-state index contributed by atoms with van der Waals surface area (Å²) >= 11 is 7.25. The molecule has 2 rings (SSSR count). The van der Waals surface area contributed by atoms with E-state index < -0.39 is 0 Å². The Morgan fingerprint density at radius 2 is 2.33 bits per heavy atom. The first-order chi connectivity index (χ1) is 9.97. The van der Waals surface area contributed by atoms with Crippen molar-refractivity contribution in [3.8, 4) is 0 Å². The van der Waals surface area contributed by atoms with Gasteiger partial charge in [-0.1, -0.05) is 22.8 Å². The van der Waals surface area contributed by atoms with Crippen LogP contribution in [-0.2, 0) is 10.5 Å². The van der Waals surface area contributed by atoms with Crippen LogP contribution in [0.15, 0.2) is 28.8 Å². The molecule has 4 nitrogen and oxygen atoms in total. The fourth-order valence-corrected chi connectivity index (χ4v) is 2.84. The third-order valence-corrected chi connectivity index (χ3v) is 4.31. The second kappa shape index (κ2) is 6.95. The van der Waals surface area contributed by atoms with Crippen LogP contribution in [0.5, 0.6) is 0 Å². The third kappa shape index (κ3) is 4.22. The number of benzene rings is 1. The van der Waals surface area contributed by atoms with Gasteiger partial charge in [-0.3, -0.25) is 4.79 Å². The Kier molecular flexibility index (Phi) is 5.25. The van der Waals surface area contributed by atoms with E-state index in [-0.39, 0.29) is 17.0 Å². The molecule has 21 heavy (non-hydrogen) atoms. The number of carbonyl (C=O) groups is 1. The maximum absolute atomic E-state index is 13.6. The summed E-state index contributed by atoms with van der Waals surface area (Å²) in [5.74, 6) is 0.714. The highest BCUT2D eigenvalue weighted by Crippen LogP contribution is 2.26. The number of hydrogen-bond donors (Lipinski definition) is 1. The smallest absolute Gasteiger partial charge is 0.238 e. The van der Waals surface area contributed by atoms with Gasteiger partial charge in [-0.05, 0) is 26.0 Å². The molecule has 0 bridgehead atoms. The van der Waals surface area contributed by atoms with Gasteiger partial charge in [0.2, 0.25) is 5.91 Å². The average Bonchev–Trinajstić information content (AvgIpc) is 2.83. The number of aryl methyl sites for hydroxylation is 1. The predicted octanol–water partition coefficient (Wildman–Crippen LogP) is 4.04. The number of rotatable bonds is 5. The third-order valence-electron chi connectivity index (χ3n) is 2.79. The quantitative estimate of drug-likeness (QED) is 0.900. The highest BCUT2D eigenvalue weighted by Gasteiger charge is 2.17. The molecule has 1 amide bonds. The first-order valence-electron chi connectivity index (χ1n) is 6.26. The molecule has 7 heteroatoms. The Balaban J connectivity index is 1.92. The molecular formula is C14H14ClFN2O2S. The van der Waals surface area contributed by atoms with E-state index in [1.54, 1.807) is 32.0 Å². The molecular weight excluding hydrogens is 315 g/mol. The molecule has 0 fully saturated rings. The van der Waals surface area contributed by atoms with Crippen molar-refractivity contribution in [3.63, 3.8) is 0 Å². The normalized spacial score (nSPS) is 12.2. The molecule has 0 aliphatic heterocycles. The first-order valence-corrected chi connectivity index (χ1v) is 7.68. The predicted molar refractivity (Wildman–Crippen MR) is 82.0 cm³/mol. The van der Waals surface area contributed by atoms with Gasteiger partial charge in [0.1, 0.15) is 11.6 Å². The van der Waals surface area contributed by atoms with Crippen LogP contribution in [-0.4, -0.2) is 16.3 Å². The van der Waals surface area contributed by atoms with Crippen LogP contribution in [0.25, 0.3) is 0 Å². The van der Waals surface area contributed by atoms with Crippen molar-refractivity contribution in [1.82, 2.24) is 5.16 Å². The van der Waals surface area contributed by atoms with E-state index in [2.05, 4.69) is 10.5 Å². The van der Waals surface area contributed by atoms with E-state index in [0.717, 1.165) is 0 Å². The minimum absolute atomic E-state index is 0.222. The minimum atomic E-state index is -0.377. The summed E-state index contributed by atoms with van der Waals surface area (Å²) in [6.07, 6.45) is 0. The van der Waals surface area contributed by atoms with Crippen molar-refractivity contribution in [3.05, 3.63) is 46.4 Å². The molecule has 1 atom stereocenters. The number of nitrogens with one attached hydrogen (secondary N) is 1. The van der Waals surface area contributed by atoms with E-state index >= 15 is 0 Å². The van der Waals surface area contributed by atoms with Crippen molar-refractivity contribution < 1.29 is 13.7 Å². The number of aromatic nitrogens is 1. The lowest BCUT2D eigenvalue weighted by molar-refractivity contribution is -0.115. The molecule has 112 valence electrons. The standard InChI is InChI=1S/C14H14ClFN2O2S/c1-8-6-13(18-20-8)17-14(19)9(2)21-7-10-11(15)4-3-5-12(10)16/h3-6,9H,7H2,1-2H3,(H,17,18,19)/t9-/m0/s1. The number of hydrogen-bond acceptors (Lipinski definition) is 4. The lowest BCUT2D eigenvalue weighted by atomic mass is 10.2.